The maximum absolute atomic E-state index is 13.0. The van der Waals surface area contributed by atoms with Crippen LogP contribution in [0.2, 0.25) is 0 Å². The summed E-state index contributed by atoms with van der Waals surface area (Å²) in [5.41, 5.74) is 2.10. The second-order valence-electron chi connectivity index (χ2n) is 5.35. The van der Waals surface area contributed by atoms with Crippen molar-refractivity contribution in [3.63, 3.8) is 0 Å². The van der Waals surface area contributed by atoms with E-state index >= 15 is 0 Å². The van der Waals surface area contributed by atoms with Crippen molar-refractivity contribution in [3.05, 3.63) is 71.0 Å². The van der Waals surface area contributed by atoms with E-state index in [2.05, 4.69) is 4.98 Å². The Morgan fingerprint density at radius 1 is 1.23 bits per heavy atom. The van der Waals surface area contributed by atoms with E-state index in [0.717, 1.165) is 15.5 Å². The largest absolute Gasteiger partial charge is 0.496 e. The molecule has 0 saturated carbocycles. The van der Waals surface area contributed by atoms with Gasteiger partial charge in [0.05, 0.1) is 12.8 Å². The number of hydrogen-bond acceptors (Lipinski definition) is 5. The van der Waals surface area contributed by atoms with E-state index in [1.165, 1.54) is 29.5 Å². The smallest absolute Gasteiger partial charge is 0.186 e. The molecular weight excluding hydrogens is 369 g/mol. The van der Waals surface area contributed by atoms with E-state index in [0.29, 0.717) is 17.0 Å². The zero-order valence-electron chi connectivity index (χ0n) is 14.2. The number of ether oxygens (including phenoxy) is 1. The highest BCUT2D eigenvalue weighted by Crippen LogP contribution is 2.29. The molecule has 0 unspecified atom stereocenters. The monoisotopic (exact) mass is 385 g/mol. The minimum Gasteiger partial charge on any atom is -0.496 e. The van der Waals surface area contributed by atoms with Gasteiger partial charge in [0, 0.05) is 21.4 Å². The van der Waals surface area contributed by atoms with Crippen LogP contribution in [0.3, 0.4) is 0 Å². The van der Waals surface area contributed by atoms with Crippen LogP contribution in [0, 0.1) is 5.82 Å². The van der Waals surface area contributed by atoms with Gasteiger partial charge in [0.2, 0.25) is 0 Å². The predicted molar refractivity (Wildman–Crippen MR) is 106 cm³/mol. The highest BCUT2D eigenvalue weighted by atomic mass is 32.2. The summed E-state index contributed by atoms with van der Waals surface area (Å²) >= 11 is 3.01. The Balaban J connectivity index is 1.76. The number of carbonyl (C=O) groups excluding carboxylic acids is 1. The topological polar surface area (TPSA) is 39.2 Å². The summed E-state index contributed by atoms with van der Waals surface area (Å²) in [4.78, 5) is 17.8. The Hall–Kier alpha value is -2.44. The number of thioether (sulfide) groups is 1. The Bertz CT molecular complexity index is 949. The lowest BCUT2D eigenvalue weighted by Crippen LogP contribution is -1.96. The number of benzene rings is 2. The summed E-state index contributed by atoms with van der Waals surface area (Å²) < 4.78 is 18.3. The Morgan fingerprint density at radius 3 is 2.69 bits per heavy atom. The molecule has 1 aromatic heterocycles. The SMILES string of the molecule is COc1cc(C(=O)C=Cc2csc(-c3ccc(F)cc3)n2)ccc1SC. The molecule has 1 heterocycles. The third kappa shape index (κ3) is 4.20. The highest BCUT2D eigenvalue weighted by molar-refractivity contribution is 7.98. The number of hydrogen-bond donors (Lipinski definition) is 0. The molecular formula is C20H16FNO2S2. The number of aromatic nitrogens is 1. The van der Waals surface area contributed by atoms with Crippen molar-refractivity contribution in [1.82, 2.24) is 4.98 Å². The Labute approximate surface area is 159 Å². The second-order valence-corrected chi connectivity index (χ2v) is 7.06. The van der Waals surface area contributed by atoms with Gasteiger partial charge in [-0.05, 0) is 60.9 Å². The zero-order chi connectivity index (χ0) is 18.5. The summed E-state index contributed by atoms with van der Waals surface area (Å²) in [7, 11) is 1.59. The summed E-state index contributed by atoms with van der Waals surface area (Å²) in [5.74, 6) is 0.287. The molecule has 3 aromatic rings. The van der Waals surface area contributed by atoms with Crippen LogP contribution in [0.5, 0.6) is 5.75 Å². The van der Waals surface area contributed by atoms with Crippen molar-refractivity contribution in [2.45, 2.75) is 4.90 Å². The second kappa shape index (κ2) is 8.29. The minimum absolute atomic E-state index is 0.118. The van der Waals surface area contributed by atoms with E-state index in [4.69, 9.17) is 4.74 Å². The van der Waals surface area contributed by atoms with Gasteiger partial charge in [0.25, 0.3) is 0 Å². The van der Waals surface area contributed by atoms with Gasteiger partial charge in [-0.15, -0.1) is 23.1 Å². The number of nitrogens with zero attached hydrogens (tertiary/aromatic N) is 1. The molecule has 6 heteroatoms. The average Bonchev–Trinajstić information content (AvgIpc) is 3.15. The molecule has 132 valence electrons. The number of ketones is 1. The molecule has 0 fully saturated rings. The standard InChI is InChI=1S/C20H16FNO2S2/c1-24-18-11-14(5-10-19(18)25-2)17(23)9-8-16-12-26-20(22-16)13-3-6-15(21)7-4-13/h3-12H,1-2H3. The Morgan fingerprint density at radius 2 is 2.00 bits per heavy atom. The number of methoxy groups -OCH3 is 1. The third-order valence-corrected chi connectivity index (χ3v) is 5.37. The normalized spacial score (nSPS) is 11.0. The van der Waals surface area contributed by atoms with Crippen molar-refractivity contribution in [3.8, 4) is 16.3 Å². The first-order chi connectivity index (χ1) is 12.6. The molecule has 0 aliphatic heterocycles. The van der Waals surface area contributed by atoms with Crippen LogP contribution in [0.15, 0.2) is 58.8 Å². The van der Waals surface area contributed by atoms with Crippen LogP contribution < -0.4 is 4.74 Å². The van der Waals surface area contributed by atoms with Crippen molar-refractivity contribution in [2.75, 3.05) is 13.4 Å². The van der Waals surface area contributed by atoms with Gasteiger partial charge in [-0.3, -0.25) is 4.79 Å². The van der Waals surface area contributed by atoms with Gasteiger partial charge in [-0.25, -0.2) is 9.37 Å². The molecule has 3 rings (SSSR count). The fraction of sp³-hybridized carbons (Fsp3) is 0.100. The predicted octanol–water partition coefficient (Wildman–Crippen LogP) is 5.58. The van der Waals surface area contributed by atoms with Gasteiger partial charge in [-0.1, -0.05) is 0 Å². The molecule has 3 nitrogen and oxygen atoms in total. The lowest BCUT2D eigenvalue weighted by molar-refractivity contribution is 0.104. The quantitative estimate of drug-likeness (QED) is 0.316. The van der Waals surface area contributed by atoms with Gasteiger partial charge in [0.15, 0.2) is 5.78 Å². The number of carbonyl (C=O) groups is 1. The molecule has 0 radical (unpaired) electrons. The van der Waals surface area contributed by atoms with Crippen LogP contribution in [0.1, 0.15) is 16.1 Å². The van der Waals surface area contributed by atoms with Crippen molar-refractivity contribution >= 4 is 35.0 Å². The van der Waals surface area contributed by atoms with Gasteiger partial charge in [0.1, 0.15) is 16.6 Å². The number of halogens is 1. The van der Waals surface area contributed by atoms with Crippen LogP contribution in [0.25, 0.3) is 16.6 Å². The van der Waals surface area contributed by atoms with Crippen LogP contribution >= 0.6 is 23.1 Å². The maximum Gasteiger partial charge on any atom is 0.186 e. The van der Waals surface area contributed by atoms with Gasteiger partial charge in [-0.2, -0.15) is 0 Å². The zero-order valence-corrected chi connectivity index (χ0v) is 15.9. The molecule has 0 amide bonds. The molecule has 0 aliphatic carbocycles. The van der Waals surface area contributed by atoms with E-state index in [1.54, 1.807) is 49.2 Å². The van der Waals surface area contributed by atoms with Crippen molar-refractivity contribution < 1.29 is 13.9 Å². The molecule has 0 N–H and O–H groups in total. The third-order valence-electron chi connectivity index (χ3n) is 3.69. The van der Waals surface area contributed by atoms with E-state index in [1.807, 2.05) is 17.7 Å². The number of rotatable bonds is 6. The molecule has 2 aromatic carbocycles. The molecule has 0 aliphatic rings. The highest BCUT2D eigenvalue weighted by Gasteiger charge is 2.08. The maximum atomic E-state index is 13.0. The fourth-order valence-electron chi connectivity index (χ4n) is 2.33. The molecule has 0 bridgehead atoms. The summed E-state index contributed by atoms with van der Waals surface area (Å²) in [6.07, 6.45) is 5.14. The van der Waals surface area contributed by atoms with Crippen molar-refractivity contribution in [1.29, 1.82) is 0 Å². The van der Waals surface area contributed by atoms with Crippen LogP contribution in [-0.2, 0) is 0 Å². The molecule has 0 spiro atoms. The summed E-state index contributed by atoms with van der Waals surface area (Å²) in [5, 5.41) is 2.64. The molecule has 0 atom stereocenters. The minimum atomic E-state index is -0.279. The summed E-state index contributed by atoms with van der Waals surface area (Å²) in [6, 6.07) is 11.6. The first-order valence-electron chi connectivity index (χ1n) is 7.76. The van der Waals surface area contributed by atoms with E-state index in [9.17, 15) is 9.18 Å². The summed E-state index contributed by atoms with van der Waals surface area (Å²) in [6.45, 7) is 0. The van der Waals surface area contributed by atoms with Crippen molar-refractivity contribution in [2.24, 2.45) is 0 Å². The first kappa shape index (κ1) is 18.4. The van der Waals surface area contributed by atoms with E-state index in [-0.39, 0.29) is 11.6 Å². The average molecular weight is 385 g/mol. The lowest BCUT2D eigenvalue weighted by Gasteiger charge is -2.07. The Kier molecular flexibility index (Phi) is 5.85. The lowest BCUT2D eigenvalue weighted by atomic mass is 10.1. The number of allylic oxidation sites excluding steroid dienone is 1. The van der Waals surface area contributed by atoms with E-state index < -0.39 is 0 Å². The first-order valence-corrected chi connectivity index (χ1v) is 9.87. The van der Waals surface area contributed by atoms with Crippen LogP contribution in [-0.4, -0.2) is 24.1 Å². The molecule has 26 heavy (non-hydrogen) atoms. The molecule has 0 saturated heterocycles. The number of thiazole rings is 1. The fourth-order valence-corrected chi connectivity index (χ4v) is 3.68. The van der Waals surface area contributed by atoms with Gasteiger partial charge >= 0.3 is 0 Å². The van der Waals surface area contributed by atoms with Crippen LogP contribution in [0.4, 0.5) is 4.39 Å². The van der Waals surface area contributed by atoms with Gasteiger partial charge < -0.3 is 4.74 Å².